The molecule has 4 aliphatic carbocycles. The van der Waals surface area contributed by atoms with Gasteiger partial charge in [0.1, 0.15) is 12.9 Å². The van der Waals surface area contributed by atoms with Gasteiger partial charge in [-0.1, -0.05) is 19.1 Å². The summed E-state index contributed by atoms with van der Waals surface area (Å²) in [4.78, 5) is 29.0. The van der Waals surface area contributed by atoms with Crippen LogP contribution in [0.4, 0.5) is 0 Å². The van der Waals surface area contributed by atoms with E-state index in [1.165, 1.54) is 12.4 Å². The van der Waals surface area contributed by atoms with E-state index < -0.39 is 5.60 Å². The van der Waals surface area contributed by atoms with E-state index in [-0.39, 0.29) is 46.9 Å². The Bertz CT molecular complexity index is 1070. The second kappa shape index (κ2) is 12.5. The van der Waals surface area contributed by atoms with Crippen molar-refractivity contribution < 1.29 is 39.3 Å². The van der Waals surface area contributed by atoms with Crippen molar-refractivity contribution in [3.05, 3.63) is 46.5 Å². The highest BCUT2D eigenvalue weighted by Crippen LogP contribution is 2.70. The van der Waals surface area contributed by atoms with E-state index in [0.717, 1.165) is 82.6 Å². The van der Waals surface area contributed by atoms with Gasteiger partial charge < -0.3 is 19.1 Å². The Balaban J connectivity index is 1.17. The lowest BCUT2D eigenvalue weighted by atomic mass is 9.43. The maximum absolute atomic E-state index is 12.9. The van der Waals surface area contributed by atoms with Gasteiger partial charge in [-0.25, -0.2) is 10.1 Å². The highest BCUT2D eigenvalue weighted by Gasteiger charge is 2.68. The van der Waals surface area contributed by atoms with Crippen LogP contribution < -0.4 is 5.63 Å². The summed E-state index contributed by atoms with van der Waals surface area (Å²) in [6, 6.07) is 3.35. The molecule has 0 amide bonds. The third-order valence-electron chi connectivity index (χ3n) is 11.2. The lowest BCUT2D eigenvalue weighted by molar-refractivity contribution is -0.621. The molecule has 0 radical (unpaired) electrons. The molecule has 1 heterocycles. The summed E-state index contributed by atoms with van der Waals surface area (Å²) in [6.45, 7) is 3.13. The summed E-state index contributed by atoms with van der Waals surface area (Å²) in [5.41, 5.74) is -0.825. The van der Waals surface area contributed by atoms with Crippen molar-refractivity contribution in [2.45, 2.75) is 102 Å². The molecule has 2 N–H and O–H groups in total. The first-order valence-electron chi connectivity index (χ1n) is 15.0. The summed E-state index contributed by atoms with van der Waals surface area (Å²) in [5, 5.41) is 27.7. The predicted molar refractivity (Wildman–Crippen MR) is 145 cm³/mol. The number of aldehydes is 1. The minimum atomic E-state index is -0.814. The zero-order chi connectivity index (χ0) is 28.2. The van der Waals surface area contributed by atoms with Crippen LogP contribution in [0.3, 0.4) is 0 Å². The summed E-state index contributed by atoms with van der Waals surface area (Å²) in [7, 11) is 0. The molecule has 0 saturated heterocycles. The highest BCUT2D eigenvalue weighted by atomic mass is 17.6. The Labute approximate surface area is 235 Å². The molecule has 0 aromatic carbocycles. The van der Waals surface area contributed by atoms with E-state index >= 15 is 0 Å². The smallest absolute Gasteiger partial charge is 0.335 e. The van der Waals surface area contributed by atoms with Crippen molar-refractivity contribution in [2.24, 2.45) is 28.6 Å². The molecule has 0 bridgehead atoms. The van der Waals surface area contributed by atoms with Gasteiger partial charge in [0.2, 0.25) is 0 Å². The standard InChI is InChI=1S/C31H44O9/c1-29-14-12-26-27(31(29,34)16-13-25(29)22-7-10-28(33)37-20-22)9-8-23-19-24(11-15-30(23,26)21-32)36-17-5-3-2-4-6-18-38-40-39-35/h4,6-7,10,20-21,23-27,34-35H,2-3,5,8-9,11-19H2,1H3/b6-4+/t23-,24?,25?,26?,27?,29?,30?,31?/m0/s1. The van der Waals surface area contributed by atoms with Gasteiger partial charge in [0.05, 0.1) is 18.0 Å². The van der Waals surface area contributed by atoms with E-state index in [2.05, 4.69) is 21.9 Å². The quantitative estimate of drug-likeness (QED) is 0.112. The molecule has 8 atom stereocenters. The zero-order valence-corrected chi connectivity index (χ0v) is 23.5. The molecule has 222 valence electrons. The first-order chi connectivity index (χ1) is 19.4. The van der Waals surface area contributed by atoms with Gasteiger partial charge in [0.25, 0.3) is 0 Å². The third kappa shape index (κ3) is 5.37. The SMILES string of the molecule is CC12CCC3C(CC[C@H]4CC(OCCCC/C=C/COOOO)CCC34C=O)C1(O)CCC2c1ccc(=O)oc1. The Kier molecular flexibility index (Phi) is 9.29. The van der Waals surface area contributed by atoms with E-state index in [4.69, 9.17) is 14.4 Å². The average molecular weight is 561 g/mol. The molecule has 0 aliphatic heterocycles. The van der Waals surface area contributed by atoms with Crippen molar-refractivity contribution in [3.8, 4) is 0 Å². The number of allylic oxidation sites excluding steroid dienone is 1. The molecular formula is C31H44O9. The van der Waals surface area contributed by atoms with Crippen LogP contribution in [0.25, 0.3) is 0 Å². The lowest BCUT2D eigenvalue weighted by Gasteiger charge is -2.63. The van der Waals surface area contributed by atoms with Gasteiger partial charge in [0.15, 0.2) is 0 Å². The van der Waals surface area contributed by atoms with Crippen molar-refractivity contribution in [1.29, 1.82) is 0 Å². The molecule has 0 spiro atoms. The monoisotopic (exact) mass is 560 g/mol. The maximum Gasteiger partial charge on any atom is 0.335 e. The Morgan fingerprint density at radius 3 is 2.70 bits per heavy atom. The number of hydrogen-bond donors (Lipinski definition) is 2. The fraction of sp³-hybridized carbons (Fsp3) is 0.742. The lowest BCUT2D eigenvalue weighted by Crippen LogP contribution is -2.63. The largest absolute Gasteiger partial charge is 0.431 e. The van der Waals surface area contributed by atoms with Crippen LogP contribution in [0.1, 0.15) is 95.5 Å². The van der Waals surface area contributed by atoms with Crippen LogP contribution in [0.15, 0.2) is 39.8 Å². The zero-order valence-electron chi connectivity index (χ0n) is 23.5. The average Bonchev–Trinajstić information content (AvgIpc) is 3.25. The van der Waals surface area contributed by atoms with Crippen LogP contribution >= 0.6 is 0 Å². The molecule has 1 aromatic rings. The van der Waals surface area contributed by atoms with Crippen LogP contribution in [0, 0.1) is 28.6 Å². The van der Waals surface area contributed by atoms with Gasteiger partial charge in [-0.15, -0.1) is 0 Å². The van der Waals surface area contributed by atoms with Crippen LogP contribution in [-0.4, -0.2) is 41.6 Å². The topological polar surface area (TPSA) is 125 Å². The Morgan fingerprint density at radius 1 is 1.05 bits per heavy atom. The van der Waals surface area contributed by atoms with Crippen molar-refractivity contribution in [1.82, 2.24) is 0 Å². The number of fused-ring (bicyclic) bond motifs is 5. The summed E-state index contributed by atoms with van der Waals surface area (Å²) < 4.78 is 11.5. The first kappa shape index (κ1) is 29.6. The van der Waals surface area contributed by atoms with E-state index in [1.807, 2.05) is 12.1 Å². The summed E-state index contributed by atoms with van der Waals surface area (Å²) >= 11 is 0. The van der Waals surface area contributed by atoms with Gasteiger partial charge in [-0.3, -0.25) is 0 Å². The molecule has 5 rings (SSSR count). The second-order valence-corrected chi connectivity index (χ2v) is 12.7. The van der Waals surface area contributed by atoms with Gasteiger partial charge >= 0.3 is 5.63 Å². The van der Waals surface area contributed by atoms with Crippen molar-refractivity contribution in [2.75, 3.05) is 13.2 Å². The van der Waals surface area contributed by atoms with E-state index in [0.29, 0.717) is 12.5 Å². The summed E-state index contributed by atoms with van der Waals surface area (Å²) in [6.07, 6.45) is 17.7. The minimum Gasteiger partial charge on any atom is -0.431 e. The van der Waals surface area contributed by atoms with Crippen LogP contribution in [-0.2, 0) is 24.5 Å². The number of aliphatic hydroxyl groups is 1. The molecule has 7 unspecified atom stereocenters. The molecule has 9 nitrogen and oxygen atoms in total. The number of unbranched alkanes of at least 4 members (excludes halogenated alkanes) is 2. The molecule has 4 aliphatic rings. The second-order valence-electron chi connectivity index (χ2n) is 12.7. The fourth-order valence-corrected chi connectivity index (χ4v) is 9.25. The Hall–Kier alpha value is -1.88. The normalized spacial score (nSPS) is 39.0. The van der Waals surface area contributed by atoms with Crippen LogP contribution in [0.2, 0.25) is 0 Å². The number of ether oxygens (including phenoxy) is 1. The van der Waals surface area contributed by atoms with E-state index in [1.54, 1.807) is 12.3 Å². The number of carbonyl (C=O) groups excluding carboxylic acids is 1. The predicted octanol–water partition coefficient (Wildman–Crippen LogP) is 5.52. The molecule has 4 saturated carbocycles. The Morgan fingerprint density at radius 2 is 1.93 bits per heavy atom. The van der Waals surface area contributed by atoms with Gasteiger partial charge in [-0.2, -0.15) is 4.89 Å². The maximum atomic E-state index is 12.9. The molecule has 40 heavy (non-hydrogen) atoms. The molecular weight excluding hydrogens is 516 g/mol. The number of rotatable bonds is 12. The van der Waals surface area contributed by atoms with Crippen LogP contribution in [0.5, 0.6) is 0 Å². The molecule has 1 aromatic heterocycles. The first-order valence-corrected chi connectivity index (χ1v) is 15.0. The third-order valence-corrected chi connectivity index (χ3v) is 11.2. The van der Waals surface area contributed by atoms with Gasteiger partial charge in [-0.05, 0) is 122 Å². The van der Waals surface area contributed by atoms with E-state index in [9.17, 15) is 14.7 Å². The fourth-order valence-electron chi connectivity index (χ4n) is 9.25. The molecule has 9 heteroatoms. The minimum absolute atomic E-state index is 0.118. The summed E-state index contributed by atoms with van der Waals surface area (Å²) in [5.74, 6) is 0.787. The number of carbonyl (C=O) groups is 1. The van der Waals surface area contributed by atoms with Gasteiger partial charge in [0, 0.05) is 23.5 Å². The van der Waals surface area contributed by atoms with Crippen molar-refractivity contribution in [3.63, 3.8) is 0 Å². The highest BCUT2D eigenvalue weighted by molar-refractivity contribution is 5.62. The molecule has 4 fully saturated rings. The van der Waals surface area contributed by atoms with Crippen molar-refractivity contribution >= 4 is 6.29 Å². The number of hydrogen-bond acceptors (Lipinski definition) is 9.